The van der Waals surface area contributed by atoms with Crippen LogP contribution in [0, 0.1) is 11.3 Å². The molecule has 2 rings (SSSR count). The fraction of sp³-hybridized carbons (Fsp3) is 1.00. The van der Waals surface area contributed by atoms with E-state index >= 15 is 0 Å². The van der Waals surface area contributed by atoms with Gasteiger partial charge in [-0.2, -0.15) is 0 Å². The number of hydrogen-bond acceptors (Lipinski definition) is 2. The fourth-order valence-corrected chi connectivity index (χ4v) is 3.57. The molecule has 0 amide bonds. The second-order valence-electron chi connectivity index (χ2n) is 6.78. The van der Waals surface area contributed by atoms with E-state index in [0.29, 0.717) is 5.41 Å². The molecule has 2 atom stereocenters. The Morgan fingerprint density at radius 1 is 1.25 bits per heavy atom. The van der Waals surface area contributed by atoms with E-state index in [1.807, 2.05) is 0 Å². The van der Waals surface area contributed by atoms with Gasteiger partial charge in [-0.1, -0.05) is 13.8 Å². The molecule has 1 heterocycles. The van der Waals surface area contributed by atoms with Crippen LogP contribution in [0.25, 0.3) is 0 Å². The maximum absolute atomic E-state index is 5.80. The summed E-state index contributed by atoms with van der Waals surface area (Å²) in [4.78, 5) is 2.74. The number of nitrogens with two attached hydrogens (primary N) is 1. The summed E-state index contributed by atoms with van der Waals surface area (Å²) in [6, 6.07) is 1.61. The summed E-state index contributed by atoms with van der Waals surface area (Å²) in [5, 5.41) is 0. The number of rotatable bonds is 2. The molecular formula is C14H28N2. The Morgan fingerprint density at radius 2 is 1.88 bits per heavy atom. The molecule has 2 nitrogen and oxygen atoms in total. The first-order valence-electron chi connectivity index (χ1n) is 6.97. The summed E-state index contributed by atoms with van der Waals surface area (Å²) >= 11 is 0. The van der Waals surface area contributed by atoms with Crippen molar-refractivity contribution in [3.8, 4) is 0 Å². The smallest absolute Gasteiger partial charge is 0.00986 e. The van der Waals surface area contributed by atoms with E-state index in [1.54, 1.807) is 0 Å². The lowest BCUT2D eigenvalue weighted by atomic mass is 9.75. The van der Waals surface area contributed by atoms with E-state index in [0.717, 1.165) is 24.5 Å². The third-order valence-corrected chi connectivity index (χ3v) is 4.82. The molecule has 0 aromatic carbocycles. The molecule has 2 N–H and O–H groups in total. The Morgan fingerprint density at radius 3 is 2.38 bits per heavy atom. The molecular weight excluding hydrogens is 196 g/mol. The second kappa shape index (κ2) is 4.66. The highest BCUT2D eigenvalue weighted by atomic mass is 15.2. The van der Waals surface area contributed by atoms with Crippen LogP contribution >= 0.6 is 0 Å². The van der Waals surface area contributed by atoms with Gasteiger partial charge in [-0.05, 0) is 56.9 Å². The van der Waals surface area contributed by atoms with Crippen LogP contribution in [-0.4, -0.2) is 30.1 Å². The first-order valence-corrected chi connectivity index (χ1v) is 6.97. The lowest BCUT2D eigenvalue weighted by molar-refractivity contribution is 0.100. The quantitative estimate of drug-likeness (QED) is 0.781. The number of likely N-dealkylation sites (tertiary alicyclic amines) is 1. The van der Waals surface area contributed by atoms with E-state index in [1.165, 1.54) is 38.6 Å². The van der Waals surface area contributed by atoms with Crippen molar-refractivity contribution in [2.75, 3.05) is 13.1 Å². The summed E-state index contributed by atoms with van der Waals surface area (Å²) in [7, 11) is 0. The first-order chi connectivity index (χ1) is 7.52. The molecule has 1 aliphatic heterocycles. The van der Waals surface area contributed by atoms with E-state index in [-0.39, 0.29) is 0 Å². The maximum Gasteiger partial charge on any atom is 0.00986 e. The van der Waals surface area contributed by atoms with Gasteiger partial charge in [0.1, 0.15) is 0 Å². The minimum Gasteiger partial charge on any atom is -0.330 e. The molecule has 2 heteroatoms. The zero-order chi connectivity index (χ0) is 11.8. The average molecular weight is 224 g/mol. The van der Waals surface area contributed by atoms with Crippen molar-refractivity contribution in [2.45, 2.75) is 65.0 Å². The molecule has 2 fully saturated rings. The van der Waals surface area contributed by atoms with Crippen molar-refractivity contribution in [1.82, 2.24) is 4.90 Å². The molecule has 0 spiro atoms. The highest BCUT2D eigenvalue weighted by Gasteiger charge is 2.36. The second-order valence-corrected chi connectivity index (χ2v) is 6.78. The molecule has 2 aliphatic rings. The van der Waals surface area contributed by atoms with Crippen LogP contribution in [0.5, 0.6) is 0 Å². The van der Waals surface area contributed by atoms with Gasteiger partial charge in [-0.25, -0.2) is 0 Å². The number of nitrogens with zero attached hydrogens (tertiary/aromatic N) is 1. The van der Waals surface area contributed by atoms with Crippen molar-refractivity contribution < 1.29 is 0 Å². The standard InChI is InChI=1S/C14H28N2/c1-11-8-12(9-15)10-16(11)13-4-6-14(2,3)7-5-13/h11-13H,4-10,15H2,1-3H3. The summed E-state index contributed by atoms with van der Waals surface area (Å²) in [5.41, 5.74) is 6.39. The summed E-state index contributed by atoms with van der Waals surface area (Å²) in [5.74, 6) is 0.755. The van der Waals surface area contributed by atoms with Crippen molar-refractivity contribution in [3.63, 3.8) is 0 Å². The minimum absolute atomic E-state index is 0.590. The van der Waals surface area contributed by atoms with Crippen molar-refractivity contribution in [1.29, 1.82) is 0 Å². The van der Waals surface area contributed by atoms with Crippen LogP contribution in [-0.2, 0) is 0 Å². The largest absolute Gasteiger partial charge is 0.330 e. The van der Waals surface area contributed by atoms with Gasteiger partial charge in [0.25, 0.3) is 0 Å². The molecule has 16 heavy (non-hydrogen) atoms. The van der Waals surface area contributed by atoms with Gasteiger partial charge in [0.05, 0.1) is 0 Å². The van der Waals surface area contributed by atoms with Gasteiger partial charge in [0, 0.05) is 18.6 Å². The zero-order valence-electron chi connectivity index (χ0n) is 11.2. The predicted octanol–water partition coefficient (Wildman–Crippen LogP) is 2.62. The van der Waals surface area contributed by atoms with Gasteiger partial charge in [0.15, 0.2) is 0 Å². The SMILES string of the molecule is CC1CC(CN)CN1C1CCC(C)(C)CC1. The molecule has 94 valence electrons. The van der Waals surface area contributed by atoms with Gasteiger partial charge in [-0.3, -0.25) is 4.90 Å². The van der Waals surface area contributed by atoms with Crippen molar-refractivity contribution >= 4 is 0 Å². The lowest BCUT2D eigenvalue weighted by Gasteiger charge is -2.40. The lowest BCUT2D eigenvalue weighted by Crippen LogP contribution is -2.41. The van der Waals surface area contributed by atoms with Crippen LogP contribution in [0.15, 0.2) is 0 Å². The molecule has 2 unspecified atom stereocenters. The monoisotopic (exact) mass is 224 g/mol. The third-order valence-electron chi connectivity index (χ3n) is 4.82. The molecule has 0 radical (unpaired) electrons. The Kier molecular flexibility index (Phi) is 3.60. The van der Waals surface area contributed by atoms with E-state index in [9.17, 15) is 0 Å². The Labute approximate surface area is 101 Å². The average Bonchev–Trinajstić information content (AvgIpc) is 2.60. The Hall–Kier alpha value is -0.0800. The van der Waals surface area contributed by atoms with Gasteiger partial charge in [-0.15, -0.1) is 0 Å². The fourth-order valence-electron chi connectivity index (χ4n) is 3.57. The molecule has 0 aromatic rings. The van der Waals surface area contributed by atoms with E-state index in [2.05, 4.69) is 25.7 Å². The zero-order valence-corrected chi connectivity index (χ0v) is 11.2. The van der Waals surface area contributed by atoms with Crippen LogP contribution in [0.1, 0.15) is 52.9 Å². The highest BCUT2D eigenvalue weighted by molar-refractivity contribution is 4.91. The number of hydrogen-bond donors (Lipinski definition) is 1. The van der Waals surface area contributed by atoms with Crippen LogP contribution in [0.4, 0.5) is 0 Å². The van der Waals surface area contributed by atoms with Gasteiger partial charge in [0.2, 0.25) is 0 Å². The molecule has 1 aliphatic carbocycles. The Bertz CT molecular complexity index is 227. The molecule has 0 aromatic heterocycles. The summed E-state index contributed by atoms with van der Waals surface area (Å²) < 4.78 is 0. The minimum atomic E-state index is 0.590. The van der Waals surface area contributed by atoms with Gasteiger partial charge < -0.3 is 5.73 Å². The van der Waals surface area contributed by atoms with Crippen molar-refractivity contribution in [2.24, 2.45) is 17.1 Å². The maximum atomic E-state index is 5.80. The van der Waals surface area contributed by atoms with Crippen LogP contribution < -0.4 is 5.73 Å². The first kappa shape index (κ1) is 12.4. The van der Waals surface area contributed by atoms with Crippen molar-refractivity contribution in [3.05, 3.63) is 0 Å². The highest BCUT2D eigenvalue weighted by Crippen LogP contribution is 2.39. The molecule has 1 saturated heterocycles. The van der Waals surface area contributed by atoms with Crippen LogP contribution in [0.2, 0.25) is 0 Å². The summed E-state index contributed by atoms with van der Waals surface area (Å²) in [6.07, 6.45) is 6.90. The molecule has 1 saturated carbocycles. The third kappa shape index (κ3) is 2.60. The van der Waals surface area contributed by atoms with E-state index < -0.39 is 0 Å². The van der Waals surface area contributed by atoms with Gasteiger partial charge >= 0.3 is 0 Å². The Balaban J connectivity index is 1.89. The summed E-state index contributed by atoms with van der Waals surface area (Å²) in [6.45, 7) is 9.34. The predicted molar refractivity (Wildman–Crippen MR) is 69.4 cm³/mol. The molecule has 0 bridgehead atoms. The van der Waals surface area contributed by atoms with Crippen LogP contribution in [0.3, 0.4) is 0 Å². The van der Waals surface area contributed by atoms with E-state index in [4.69, 9.17) is 5.73 Å². The normalized spacial score (nSPS) is 36.8. The topological polar surface area (TPSA) is 29.3 Å².